The summed E-state index contributed by atoms with van der Waals surface area (Å²) in [5.41, 5.74) is 0.0755. The molecule has 1 N–H and O–H groups in total. The maximum atomic E-state index is 13.0. The van der Waals surface area contributed by atoms with Crippen LogP contribution >= 0.6 is 24.2 Å². The van der Waals surface area contributed by atoms with Crippen molar-refractivity contribution in [2.75, 3.05) is 11.1 Å². The van der Waals surface area contributed by atoms with Gasteiger partial charge in [0.1, 0.15) is 5.82 Å². The fraction of sp³-hybridized carbons (Fsp3) is 0.125. The van der Waals surface area contributed by atoms with Crippen molar-refractivity contribution >= 4 is 35.8 Å². The molecule has 0 aromatic heterocycles. The Hall–Kier alpha value is -0.740. The summed E-state index contributed by atoms with van der Waals surface area (Å²) in [7, 11) is 0. The van der Waals surface area contributed by atoms with Gasteiger partial charge in [-0.25, -0.2) is 4.39 Å². The van der Waals surface area contributed by atoms with Crippen molar-refractivity contribution in [1.82, 2.24) is 0 Å². The lowest BCUT2D eigenvalue weighted by Crippen LogP contribution is -2.13. The minimum Gasteiger partial charge on any atom is -0.323 e. The predicted octanol–water partition coefficient (Wildman–Crippen LogP) is 2.35. The first kappa shape index (κ1) is 10.3. The van der Waals surface area contributed by atoms with Crippen molar-refractivity contribution in [3.8, 4) is 0 Å². The van der Waals surface area contributed by atoms with E-state index in [0.29, 0.717) is 5.02 Å². The van der Waals surface area contributed by atoms with Gasteiger partial charge in [0.2, 0.25) is 5.91 Å². The summed E-state index contributed by atoms with van der Waals surface area (Å²) < 4.78 is 13.0. The number of hydrogen-bond donors (Lipinski definition) is 2. The van der Waals surface area contributed by atoms with Crippen LogP contribution < -0.4 is 5.32 Å². The van der Waals surface area contributed by atoms with Crippen molar-refractivity contribution in [2.45, 2.75) is 0 Å². The van der Waals surface area contributed by atoms with Crippen LogP contribution in [-0.2, 0) is 4.79 Å². The molecule has 0 atom stereocenters. The molecule has 1 aromatic carbocycles. The van der Waals surface area contributed by atoms with E-state index in [4.69, 9.17) is 11.6 Å². The molecule has 1 amide bonds. The number of halogens is 2. The first-order valence-electron chi connectivity index (χ1n) is 3.49. The summed E-state index contributed by atoms with van der Waals surface area (Å²) in [6.07, 6.45) is 0. The summed E-state index contributed by atoms with van der Waals surface area (Å²) in [5.74, 6) is -0.879. The molecule has 0 aliphatic carbocycles. The van der Waals surface area contributed by atoms with Crippen LogP contribution in [0.1, 0.15) is 0 Å². The molecule has 0 heterocycles. The van der Waals surface area contributed by atoms with Crippen molar-refractivity contribution in [3.05, 3.63) is 29.0 Å². The number of anilines is 1. The lowest BCUT2D eigenvalue weighted by Gasteiger charge is -2.04. The average molecular weight is 220 g/mol. The Balaban J connectivity index is 2.87. The molecule has 1 aromatic rings. The van der Waals surface area contributed by atoms with Crippen LogP contribution in [0.15, 0.2) is 18.2 Å². The van der Waals surface area contributed by atoms with Crippen LogP contribution in [0.3, 0.4) is 0 Å². The standard InChI is InChI=1S/C8H7ClFNOS/c9-5-1-2-6(10)7(3-5)11-8(12)4-13/h1-3,13H,4H2,(H,11,12). The summed E-state index contributed by atoms with van der Waals surface area (Å²) in [4.78, 5) is 10.8. The lowest BCUT2D eigenvalue weighted by atomic mass is 10.3. The third-order valence-corrected chi connectivity index (χ3v) is 1.87. The molecule has 0 radical (unpaired) electrons. The van der Waals surface area contributed by atoms with Gasteiger partial charge in [-0.1, -0.05) is 11.6 Å². The van der Waals surface area contributed by atoms with E-state index in [1.165, 1.54) is 18.2 Å². The van der Waals surface area contributed by atoms with Crippen LogP contribution in [0.25, 0.3) is 0 Å². The highest BCUT2D eigenvalue weighted by Crippen LogP contribution is 2.19. The second-order valence-corrected chi connectivity index (χ2v) is 3.08. The van der Waals surface area contributed by atoms with Crippen LogP contribution in [0.5, 0.6) is 0 Å². The van der Waals surface area contributed by atoms with E-state index in [2.05, 4.69) is 17.9 Å². The number of rotatable bonds is 2. The highest BCUT2D eigenvalue weighted by Gasteiger charge is 2.05. The van der Waals surface area contributed by atoms with Gasteiger partial charge in [0.15, 0.2) is 0 Å². The zero-order valence-electron chi connectivity index (χ0n) is 6.55. The van der Waals surface area contributed by atoms with E-state index in [1.807, 2.05) is 0 Å². The zero-order valence-corrected chi connectivity index (χ0v) is 8.20. The van der Waals surface area contributed by atoms with Crippen LogP contribution in [-0.4, -0.2) is 11.7 Å². The van der Waals surface area contributed by atoms with Gasteiger partial charge in [-0.15, -0.1) is 0 Å². The summed E-state index contributed by atoms with van der Waals surface area (Å²) in [6.45, 7) is 0. The Bertz CT molecular complexity index is 332. The molecule has 2 nitrogen and oxygen atoms in total. The molecule has 0 spiro atoms. The van der Waals surface area contributed by atoms with Crippen molar-refractivity contribution in [3.63, 3.8) is 0 Å². The van der Waals surface area contributed by atoms with Crippen LogP contribution in [0.2, 0.25) is 5.02 Å². The largest absolute Gasteiger partial charge is 0.323 e. The number of hydrogen-bond acceptors (Lipinski definition) is 2. The lowest BCUT2D eigenvalue weighted by molar-refractivity contribution is -0.113. The SMILES string of the molecule is O=C(CS)Nc1cc(Cl)ccc1F. The fourth-order valence-electron chi connectivity index (χ4n) is 0.783. The molecule has 0 bridgehead atoms. The molecule has 0 saturated heterocycles. The second kappa shape index (κ2) is 4.48. The minimum atomic E-state index is -0.514. The number of amides is 1. The van der Waals surface area contributed by atoms with Gasteiger partial charge < -0.3 is 5.32 Å². The second-order valence-electron chi connectivity index (χ2n) is 2.33. The number of benzene rings is 1. The molecule has 1 rings (SSSR count). The maximum Gasteiger partial charge on any atom is 0.234 e. The Morgan fingerprint density at radius 3 is 2.92 bits per heavy atom. The van der Waals surface area contributed by atoms with Gasteiger partial charge in [0, 0.05) is 5.02 Å². The topological polar surface area (TPSA) is 29.1 Å². The third-order valence-electron chi connectivity index (χ3n) is 1.35. The highest BCUT2D eigenvalue weighted by molar-refractivity contribution is 7.81. The third kappa shape index (κ3) is 2.90. The number of carbonyl (C=O) groups excluding carboxylic acids is 1. The fourth-order valence-corrected chi connectivity index (χ4v) is 1.03. The monoisotopic (exact) mass is 219 g/mol. The Kier molecular flexibility index (Phi) is 3.57. The molecule has 5 heteroatoms. The normalized spacial score (nSPS) is 9.77. The number of nitrogens with one attached hydrogen (secondary N) is 1. The van der Waals surface area contributed by atoms with Gasteiger partial charge in [-0.3, -0.25) is 4.79 Å². The molecule has 70 valence electrons. The maximum absolute atomic E-state index is 13.0. The first-order valence-corrected chi connectivity index (χ1v) is 4.50. The van der Waals surface area contributed by atoms with E-state index in [-0.39, 0.29) is 17.3 Å². The molecule has 0 aliphatic heterocycles. The van der Waals surface area contributed by atoms with Gasteiger partial charge in [0.25, 0.3) is 0 Å². The molecule has 0 unspecified atom stereocenters. The quantitative estimate of drug-likeness (QED) is 0.735. The van der Waals surface area contributed by atoms with Gasteiger partial charge in [-0.05, 0) is 18.2 Å². The summed E-state index contributed by atoms with van der Waals surface area (Å²) >= 11 is 9.34. The molecule has 0 saturated carbocycles. The molecular formula is C8H7ClFNOS. The van der Waals surface area contributed by atoms with E-state index in [1.54, 1.807) is 0 Å². The highest BCUT2D eigenvalue weighted by atomic mass is 35.5. The smallest absolute Gasteiger partial charge is 0.234 e. The van der Waals surface area contributed by atoms with Gasteiger partial charge in [0.05, 0.1) is 11.4 Å². The molecule has 0 aliphatic rings. The number of thiol groups is 1. The van der Waals surface area contributed by atoms with E-state index in [0.717, 1.165) is 0 Å². The van der Waals surface area contributed by atoms with E-state index in [9.17, 15) is 9.18 Å². The predicted molar refractivity (Wildman–Crippen MR) is 53.9 cm³/mol. The van der Waals surface area contributed by atoms with Gasteiger partial charge >= 0.3 is 0 Å². The Morgan fingerprint density at radius 2 is 2.31 bits per heavy atom. The minimum absolute atomic E-state index is 0.00591. The van der Waals surface area contributed by atoms with E-state index < -0.39 is 5.82 Å². The van der Waals surface area contributed by atoms with Crippen molar-refractivity contribution in [1.29, 1.82) is 0 Å². The molecule has 0 fully saturated rings. The number of carbonyl (C=O) groups is 1. The summed E-state index contributed by atoms with van der Waals surface area (Å²) in [6, 6.07) is 3.95. The molecular weight excluding hydrogens is 213 g/mol. The van der Waals surface area contributed by atoms with Gasteiger partial charge in [-0.2, -0.15) is 12.6 Å². The van der Waals surface area contributed by atoms with Crippen molar-refractivity contribution < 1.29 is 9.18 Å². The Morgan fingerprint density at radius 1 is 1.62 bits per heavy atom. The average Bonchev–Trinajstić information content (AvgIpc) is 2.11. The Labute approximate surface area is 85.5 Å². The zero-order chi connectivity index (χ0) is 9.84. The van der Waals surface area contributed by atoms with Crippen molar-refractivity contribution in [2.24, 2.45) is 0 Å². The first-order chi connectivity index (χ1) is 6.13. The molecule has 13 heavy (non-hydrogen) atoms. The van der Waals surface area contributed by atoms with Crippen LogP contribution in [0.4, 0.5) is 10.1 Å². The summed E-state index contributed by atoms with van der Waals surface area (Å²) in [5, 5.41) is 2.70. The van der Waals surface area contributed by atoms with E-state index >= 15 is 0 Å². The van der Waals surface area contributed by atoms with Crippen LogP contribution in [0, 0.1) is 5.82 Å².